The fourth-order valence-electron chi connectivity index (χ4n) is 3.68. The number of hydrogen-bond acceptors (Lipinski definition) is 6. The minimum Gasteiger partial charge on any atom is -0.497 e. The lowest BCUT2D eigenvalue weighted by atomic mass is 10.0. The first-order valence-corrected chi connectivity index (χ1v) is 9.89. The number of aliphatic carboxylic acids is 1. The van der Waals surface area contributed by atoms with Crippen molar-refractivity contribution in [3.05, 3.63) is 32.6 Å². The second-order valence-electron chi connectivity index (χ2n) is 6.57. The molecule has 1 aromatic carbocycles. The third kappa shape index (κ3) is 3.08. The Bertz CT molecular complexity index is 1040. The molecule has 1 saturated carbocycles. The van der Waals surface area contributed by atoms with Crippen LogP contribution in [0.4, 0.5) is 5.69 Å². The average Bonchev–Trinajstić information content (AvgIpc) is 3.34. The summed E-state index contributed by atoms with van der Waals surface area (Å²) in [5, 5.41) is 20.3. The van der Waals surface area contributed by atoms with Crippen LogP contribution in [0.5, 0.6) is 11.6 Å². The Morgan fingerprint density at radius 2 is 2.15 bits per heavy atom. The van der Waals surface area contributed by atoms with Gasteiger partial charge >= 0.3 is 5.97 Å². The molecule has 140 valence electrons. The van der Waals surface area contributed by atoms with Gasteiger partial charge < -0.3 is 14.9 Å². The van der Waals surface area contributed by atoms with Gasteiger partial charge in [-0.3, -0.25) is 4.57 Å². The Labute approximate surface area is 165 Å². The summed E-state index contributed by atoms with van der Waals surface area (Å²) in [6, 6.07) is 5.46. The monoisotopic (exact) mass is 402 g/mol. The Morgan fingerprint density at radius 1 is 1.41 bits per heavy atom. The summed E-state index contributed by atoms with van der Waals surface area (Å²) in [6.45, 7) is 0. The van der Waals surface area contributed by atoms with E-state index in [1.165, 1.54) is 11.3 Å². The summed E-state index contributed by atoms with van der Waals surface area (Å²) < 4.78 is 7.60. The quantitative estimate of drug-likeness (QED) is 0.717. The highest BCUT2D eigenvalue weighted by atomic mass is 32.1. The number of carboxylic acids is 1. The van der Waals surface area contributed by atoms with Gasteiger partial charge in [-0.05, 0) is 43.3 Å². The van der Waals surface area contributed by atoms with Crippen LogP contribution in [0.1, 0.15) is 42.2 Å². The Balaban J connectivity index is 1.82. The van der Waals surface area contributed by atoms with Gasteiger partial charge in [0.15, 0.2) is 9.67 Å². The van der Waals surface area contributed by atoms with Gasteiger partial charge in [0.1, 0.15) is 5.75 Å². The molecule has 27 heavy (non-hydrogen) atoms. The van der Waals surface area contributed by atoms with Gasteiger partial charge in [-0.1, -0.05) is 12.8 Å². The number of rotatable bonds is 4. The molecule has 4 rings (SSSR count). The molecule has 0 unspecified atom stereocenters. The average molecular weight is 402 g/mol. The lowest BCUT2D eigenvalue weighted by molar-refractivity contribution is -0.129. The van der Waals surface area contributed by atoms with Crippen molar-refractivity contribution in [2.45, 2.75) is 31.7 Å². The minimum absolute atomic E-state index is 0.0515. The van der Waals surface area contributed by atoms with Gasteiger partial charge in [-0.2, -0.15) is 0 Å². The van der Waals surface area contributed by atoms with Crippen molar-refractivity contribution in [3.63, 3.8) is 0 Å². The lowest BCUT2D eigenvalue weighted by Crippen LogP contribution is -2.11. The smallest absolute Gasteiger partial charge is 0.355 e. The van der Waals surface area contributed by atoms with E-state index in [0.29, 0.717) is 31.4 Å². The van der Waals surface area contributed by atoms with Crippen molar-refractivity contribution >= 4 is 52.6 Å². The van der Waals surface area contributed by atoms with Crippen LogP contribution in [0, 0.1) is 3.95 Å². The number of methoxy groups -OCH3 is 1. The summed E-state index contributed by atoms with van der Waals surface area (Å²) in [5.74, 6) is -0.403. The maximum atomic E-state index is 11.7. The molecule has 1 aromatic heterocycles. The van der Waals surface area contributed by atoms with E-state index >= 15 is 0 Å². The first kappa shape index (κ1) is 17.9. The van der Waals surface area contributed by atoms with Crippen LogP contribution in [-0.2, 0) is 4.79 Å². The Kier molecular flexibility index (Phi) is 4.61. The molecular weight excluding hydrogens is 384 g/mol. The molecule has 0 radical (unpaired) electrons. The number of ether oxygens (including phenoxy) is 1. The summed E-state index contributed by atoms with van der Waals surface area (Å²) in [7, 11) is 1.55. The van der Waals surface area contributed by atoms with Gasteiger partial charge in [-0.15, -0.1) is 11.3 Å². The van der Waals surface area contributed by atoms with Crippen molar-refractivity contribution in [3.8, 4) is 11.6 Å². The van der Waals surface area contributed by atoms with Crippen LogP contribution in [0.25, 0.3) is 11.6 Å². The number of fused-ring (bicyclic) bond motifs is 1. The number of carboxylic acid groups (broad SMARTS) is 1. The molecule has 0 spiro atoms. The van der Waals surface area contributed by atoms with Crippen LogP contribution in [0.15, 0.2) is 23.2 Å². The summed E-state index contributed by atoms with van der Waals surface area (Å²) >= 11 is 6.75. The molecule has 1 aliphatic heterocycles. The fraction of sp³-hybridized carbons (Fsp3) is 0.316. The number of aromatic nitrogens is 1. The largest absolute Gasteiger partial charge is 0.497 e. The van der Waals surface area contributed by atoms with E-state index in [9.17, 15) is 15.0 Å². The SMILES string of the molecule is COc1ccc2c(c1)N=C(C(=O)O)/C2=C/c1sc(=S)n(C2CCCC2)c1O. The van der Waals surface area contributed by atoms with Crippen LogP contribution >= 0.6 is 23.6 Å². The highest BCUT2D eigenvalue weighted by Gasteiger charge is 2.28. The molecule has 0 atom stereocenters. The van der Waals surface area contributed by atoms with Gasteiger partial charge in [0, 0.05) is 23.2 Å². The van der Waals surface area contributed by atoms with Crippen LogP contribution in [0.3, 0.4) is 0 Å². The maximum Gasteiger partial charge on any atom is 0.355 e. The van der Waals surface area contributed by atoms with Gasteiger partial charge in [-0.25, -0.2) is 9.79 Å². The van der Waals surface area contributed by atoms with E-state index in [4.69, 9.17) is 17.0 Å². The molecule has 2 heterocycles. The molecule has 1 fully saturated rings. The van der Waals surface area contributed by atoms with Crippen LogP contribution < -0.4 is 4.74 Å². The summed E-state index contributed by atoms with van der Waals surface area (Å²) in [4.78, 5) is 16.5. The third-order valence-electron chi connectivity index (χ3n) is 4.99. The number of benzene rings is 1. The molecule has 2 aromatic rings. The van der Waals surface area contributed by atoms with Crippen molar-refractivity contribution < 1.29 is 19.7 Å². The van der Waals surface area contributed by atoms with E-state index in [1.807, 2.05) is 0 Å². The van der Waals surface area contributed by atoms with Crippen molar-refractivity contribution in [1.82, 2.24) is 4.57 Å². The van der Waals surface area contributed by atoms with Gasteiger partial charge in [0.05, 0.1) is 17.7 Å². The normalized spacial score (nSPS) is 18.0. The number of aliphatic imine (C=N–C) groups is 1. The topological polar surface area (TPSA) is 84.0 Å². The van der Waals surface area contributed by atoms with Gasteiger partial charge in [0.2, 0.25) is 5.88 Å². The lowest BCUT2D eigenvalue weighted by Gasteiger charge is -2.12. The van der Waals surface area contributed by atoms with E-state index in [0.717, 1.165) is 25.7 Å². The predicted octanol–water partition coefficient (Wildman–Crippen LogP) is 4.82. The zero-order valence-corrected chi connectivity index (χ0v) is 16.3. The molecule has 2 N–H and O–H groups in total. The molecule has 0 saturated heterocycles. The summed E-state index contributed by atoms with van der Waals surface area (Å²) in [5.41, 5.74) is 1.64. The van der Waals surface area contributed by atoms with E-state index < -0.39 is 5.97 Å². The second kappa shape index (κ2) is 6.94. The number of carbonyl (C=O) groups is 1. The maximum absolute atomic E-state index is 11.7. The zero-order valence-electron chi connectivity index (χ0n) is 14.6. The predicted molar refractivity (Wildman–Crippen MR) is 108 cm³/mol. The zero-order chi connectivity index (χ0) is 19.1. The fourth-order valence-corrected chi connectivity index (χ4v) is 5.07. The third-order valence-corrected chi connectivity index (χ3v) is 6.33. The number of hydrogen-bond donors (Lipinski definition) is 2. The molecule has 2 aliphatic rings. The summed E-state index contributed by atoms with van der Waals surface area (Å²) in [6.07, 6.45) is 5.93. The van der Waals surface area contributed by atoms with E-state index in [1.54, 1.807) is 36.0 Å². The van der Waals surface area contributed by atoms with E-state index in [-0.39, 0.29) is 17.6 Å². The Morgan fingerprint density at radius 3 is 2.81 bits per heavy atom. The molecule has 8 heteroatoms. The minimum atomic E-state index is -1.12. The first-order chi connectivity index (χ1) is 13.0. The highest BCUT2D eigenvalue weighted by Crippen LogP contribution is 2.42. The molecular formula is C19H18N2O4S2. The van der Waals surface area contributed by atoms with Crippen molar-refractivity contribution in [2.24, 2.45) is 4.99 Å². The van der Waals surface area contributed by atoms with Crippen LogP contribution in [-0.4, -0.2) is 33.6 Å². The molecule has 1 aliphatic carbocycles. The highest BCUT2D eigenvalue weighted by molar-refractivity contribution is 7.73. The van der Waals surface area contributed by atoms with Crippen molar-refractivity contribution in [1.29, 1.82) is 0 Å². The standard InChI is InChI=1S/C19H18N2O4S2/c1-25-11-6-7-12-13(16(18(23)24)20-14(12)8-11)9-15-17(22)21(19(26)27-15)10-4-2-3-5-10/h6-10,22H,2-5H2,1H3,(H,23,24)/b13-9+. The molecule has 0 amide bonds. The number of thiazole rings is 1. The number of aromatic hydroxyl groups is 1. The van der Waals surface area contributed by atoms with E-state index in [2.05, 4.69) is 4.99 Å². The molecule has 0 bridgehead atoms. The first-order valence-electron chi connectivity index (χ1n) is 8.66. The second-order valence-corrected chi connectivity index (χ2v) is 8.25. The number of nitrogens with zero attached hydrogens (tertiary/aromatic N) is 2. The molecule has 6 nitrogen and oxygen atoms in total. The Hall–Kier alpha value is -2.45. The van der Waals surface area contributed by atoms with Crippen molar-refractivity contribution in [2.75, 3.05) is 7.11 Å². The van der Waals surface area contributed by atoms with Gasteiger partial charge in [0.25, 0.3) is 0 Å². The van der Waals surface area contributed by atoms with Crippen LogP contribution in [0.2, 0.25) is 0 Å².